The maximum atomic E-state index is 12.7. The first-order valence-corrected chi connectivity index (χ1v) is 4.83. The first kappa shape index (κ1) is 16.0. The first-order valence-electron chi connectivity index (χ1n) is 3.32. The molecule has 11 heteroatoms. The standard InChI is InChI=1S/C5HCl4FN.BF4/c6-2-1-3(7)5(9)11(10)4(2)8;2-1(3,4)5/h1H;/q+1;-1. The van der Waals surface area contributed by atoms with Crippen LogP contribution in [0.5, 0.6) is 0 Å². The van der Waals surface area contributed by atoms with Gasteiger partial charge in [-0.05, 0) is 29.3 Å². The molecule has 0 unspecified atom stereocenters. The van der Waals surface area contributed by atoms with E-state index in [2.05, 4.69) is 0 Å². The first-order chi connectivity index (χ1) is 7.04. The van der Waals surface area contributed by atoms with Crippen molar-refractivity contribution in [2.75, 3.05) is 0 Å². The summed E-state index contributed by atoms with van der Waals surface area (Å²) in [5, 5.41) is -0.547. The molecule has 1 aromatic heterocycles. The molecule has 0 radical (unpaired) electrons. The predicted octanol–water partition coefficient (Wildman–Crippen LogP) is 4.62. The summed E-state index contributed by atoms with van der Waals surface area (Å²) in [6.45, 7) is 0. The molecule has 92 valence electrons. The van der Waals surface area contributed by atoms with E-state index in [1.165, 1.54) is 6.07 Å². The van der Waals surface area contributed by atoms with Gasteiger partial charge in [0.05, 0.1) is 9.27 Å². The third kappa shape index (κ3) is 5.93. The van der Waals surface area contributed by atoms with E-state index in [-0.39, 0.29) is 25.1 Å². The number of halogens is 9. The van der Waals surface area contributed by atoms with Gasteiger partial charge >= 0.3 is 17.6 Å². The number of pyridine rings is 1. The van der Waals surface area contributed by atoms with Gasteiger partial charge in [0.15, 0.2) is 0 Å². The fraction of sp³-hybridized carbons (Fsp3) is 0. The Balaban J connectivity index is 0.000000385. The SMILES string of the molecule is F[B-](F)(F)F.F[n+]1c(Cl)c(Cl)cc(Cl)c1Cl. The van der Waals surface area contributed by atoms with Gasteiger partial charge in [-0.1, -0.05) is 23.2 Å². The Morgan fingerprint density at radius 1 is 0.875 bits per heavy atom. The van der Waals surface area contributed by atoms with E-state index in [0.29, 0.717) is 0 Å². The van der Waals surface area contributed by atoms with E-state index >= 15 is 0 Å². The van der Waals surface area contributed by atoms with Crippen LogP contribution in [0.3, 0.4) is 0 Å². The highest BCUT2D eigenvalue weighted by Crippen LogP contribution is 2.26. The number of hydrogen-bond acceptors (Lipinski definition) is 0. The Morgan fingerprint density at radius 3 is 1.38 bits per heavy atom. The Hall–Kier alpha value is 0.0249. The van der Waals surface area contributed by atoms with Gasteiger partial charge in [-0.25, -0.2) is 0 Å². The monoisotopic (exact) mass is 321 g/mol. The molecule has 1 rings (SSSR count). The van der Waals surface area contributed by atoms with Crippen molar-refractivity contribution in [1.29, 1.82) is 0 Å². The fourth-order valence-electron chi connectivity index (χ4n) is 0.504. The Labute approximate surface area is 107 Å². The average Bonchev–Trinajstić information content (AvgIpc) is 2.09. The summed E-state index contributed by atoms with van der Waals surface area (Å²) in [7, 11) is -6.00. The van der Waals surface area contributed by atoms with Gasteiger partial charge < -0.3 is 17.3 Å². The quantitative estimate of drug-likeness (QED) is 0.373. The molecule has 16 heavy (non-hydrogen) atoms. The molecule has 0 N–H and O–H groups in total. The lowest BCUT2D eigenvalue weighted by atomic mass is 10.3. The van der Waals surface area contributed by atoms with Gasteiger partial charge in [-0.15, -0.1) is 0 Å². The third-order valence-corrected chi connectivity index (χ3v) is 2.47. The smallest absolute Gasteiger partial charge is 0.418 e. The summed E-state index contributed by atoms with van der Waals surface area (Å²) in [6.07, 6.45) is 0. The number of rotatable bonds is 0. The lowest BCUT2D eigenvalue weighted by Gasteiger charge is -1.94. The maximum absolute atomic E-state index is 12.7. The largest absolute Gasteiger partial charge is 0.673 e. The zero-order chi connectivity index (χ0) is 13.1. The third-order valence-electron chi connectivity index (χ3n) is 0.992. The zero-order valence-corrected chi connectivity index (χ0v) is 10.0. The molecule has 0 aromatic carbocycles. The van der Waals surface area contributed by atoms with Crippen molar-refractivity contribution in [3.63, 3.8) is 0 Å². The van der Waals surface area contributed by atoms with Crippen LogP contribution in [0.4, 0.5) is 21.7 Å². The van der Waals surface area contributed by atoms with Crippen LogP contribution in [0, 0.1) is 0 Å². The highest BCUT2D eigenvalue weighted by Gasteiger charge is 2.23. The predicted molar refractivity (Wildman–Crippen MR) is 53.4 cm³/mol. The van der Waals surface area contributed by atoms with Crippen molar-refractivity contribution < 1.29 is 26.5 Å². The van der Waals surface area contributed by atoms with Crippen molar-refractivity contribution in [2.24, 2.45) is 0 Å². The molecule has 0 aliphatic carbocycles. The van der Waals surface area contributed by atoms with E-state index in [1.54, 1.807) is 0 Å². The number of nitrogens with zero attached hydrogens (tertiary/aromatic N) is 1. The lowest BCUT2D eigenvalue weighted by molar-refractivity contribution is -0.839. The summed E-state index contributed by atoms with van der Waals surface area (Å²) in [5.41, 5.74) is 0. The summed E-state index contributed by atoms with van der Waals surface area (Å²) in [5.74, 6) is 0. The molecule has 0 bridgehead atoms. The van der Waals surface area contributed by atoms with Gasteiger partial charge in [0.2, 0.25) is 0 Å². The lowest BCUT2D eigenvalue weighted by Crippen LogP contribution is -2.25. The second-order valence-electron chi connectivity index (χ2n) is 2.20. The molecular formula is C5HBCl4F5N. The minimum Gasteiger partial charge on any atom is -0.418 e. The van der Waals surface area contributed by atoms with E-state index < -0.39 is 7.25 Å². The summed E-state index contributed by atoms with van der Waals surface area (Å²) in [6, 6.07) is 1.27. The van der Waals surface area contributed by atoms with Crippen LogP contribution in [0.15, 0.2) is 6.07 Å². The van der Waals surface area contributed by atoms with E-state index in [9.17, 15) is 21.7 Å². The molecule has 0 fully saturated rings. The van der Waals surface area contributed by atoms with Crippen LogP contribution in [0.1, 0.15) is 0 Å². The fourth-order valence-corrected chi connectivity index (χ4v) is 1.25. The summed E-state index contributed by atoms with van der Waals surface area (Å²) in [4.78, 5) is 0.00772. The van der Waals surface area contributed by atoms with Gasteiger partial charge in [-0.2, -0.15) is 0 Å². The minimum absolute atomic E-state index is 0.00772. The van der Waals surface area contributed by atoms with Crippen LogP contribution in [0.2, 0.25) is 20.4 Å². The van der Waals surface area contributed by atoms with Gasteiger partial charge in [0.25, 0.3) is 0 Å². The Morgan fingerprint density at radius 2 is 1.12 bits per heavy atom. The van der Waals surface area contributed by atoms with Crippen LogP contribution in [0.25, 0.3) is 0 Å². The van der Waals surface area contributed by atoms with Crippen molar-refractivity contribution in [1.82, 2.24) is 0 Å². The average molecular weight is 323 g/mol. The normalized spacial score (nSPS) is 10.8. The second kappa shape index (κ2) is 6.09. The topological polar surface area (TPSA) is 3.88 Å². The Kier molecular flexibility index (Phi) is 6.10. The van der Waals surface area contributed by atoms with E-state index in [4.69, 9.17) is 46.4 Å². The molecule has 0 saturated carbocycles. The molecule has 0 aliphatic heterocycles. The summed E-state index contributed by atoms with van der Waals surface area (Å²) >= 11 is 21.6. The molecule has 0 saturated heterocycles. The molecule has 0 amide bonds. The van der Waals surface area contributed by atoms with Gasteiger partial charge in [0, 0.05) is 0 Å². The zero-order valence-electron chi connectivity index (χ0n) is 7.00. The highest BCUT2D eigenvalue weighted by molar-refractivity contribution is 6.50. The molecule has 0 spiro atoms. The molecule has 1 aromatic rings. The van der Waals surface area contributed by atoms with Crippen molar-refractivity contribution in [3.05, 3.63) is 26.4 Å². The van der Waals surface area contributed by atoms with Crippen LogP contribution >= 0.6 is 46.4 Å². The van der Waals surface area contributed by atoms with E-state index in [0.717, 1.165) is 0 Å². The van der Waals surface area contributed by atoms with Gasteiger partial charge in [0.1, 0.15) is 10.0 Å². The van der Waals surface area contributed by atoms with Gasteiger partial charge in [-0.3, -0.25) is 0 Å². The van der Waals surface area contributed by atoms with Crippen LogP contribution in [-0.2, 0) is 0 Å². The second-order valence-corrected chi connectivity index (χ2v) is 3.73. The maximum Gasteiger partial charge on any atom is 0.673 e. The van der Waals surface area contributed by atoms with Crippen molar-refractivity contribution in [3.8, 4) is 0 Å². The molecule has 0 aliphatic rings. The molecule has 1 nitrogen and oxygen atoms in total. The van der Waals surface area contributed by atoms with Crippen molar-refractivity contribution >= 4 is 53.7 Å². The highest BCUT2D eigenvalue weighted by atomic mass is 35.5. The summed E-state index contributed by atoms with van der Waals surface area (Å²) < 4.78 is 51.7. The van der Waals surface area contributed by atoms with Crippen LogP contribution in [-0.4, -0.2) is 7.25 Å². The number of hydrogen-bond donors (Lipinski definition) is 0. The molecule has 1 heterocycles. The molecular weight excluding hydrogens is 322 g/mol. The Bertz CT molecular complexity index is 352. The number of aromatic nitrogens is 1. The minimum atomic E-state index is -6.00. The molecule has 0 atom stereocenters. The van der Waals surface area contributed by atoms with E-state index in [1.807, 2.05) is 0 Å². The van der Waals surface area contributed by atoms with Crippen molar-refractivity contribution in [2.45, 2.75) is 0 Å². The van der Waals surface area contributed by atoms with Crippen LogP contribution < -0.4 is 4.79 Å².